The first kappa shape index (κ1) is 65.2. The summed E-state index contributed by atoms with van der Waals surface area (Å²) in [5.41, 5.74) is 5.37. The predicted molar refractivity (Wildman–Crippen MR) is 284 cm³/mol. The Morgan fingerprint density at radius 1 is 0.448 bits per heavy atom. The third-order valence-corrected chi connectivity index (χ3v) is 13.5. The van der Waals surface area contributed by atoms with E-state index in [1.165, 1.54) is 193 Å². The third kappa shape index (κ3) is 53.4. The summed E-state index contributed by atoms with van der Waals surface area (Å²) in [5.74, 6) is -0.826. The van der Waals surface area contributed by atoms with E-state index in [0.717, 1.165) is 57.8 Å². The second-order valence-electron chi connectivity index (χ2n) is 19.2. The van der Waals surface area contributed by atoms with Crippen molar-refractivity contribution in [2.45, 2.75) is 290 Å². The van der Waals surface area contributed by atoms with Gasteiger partial charge in [-0.3, -0.25) is 18.6 Å². The number of hydrogen-bond acceptors (Lipinski definition) is 8. The van der Waals surface area contributed by atoms with Crippen LogP contribution in [0.15, 0.2) is 36.5 Å². The van der Waals surface area contributed by atoms with Crippen LogP contribution in [0.5, 0.6) is 0 Å². The van der Waals surface area contributed by atoms with Gasteiger partial charge in [0.25, 0.3) is 0 Å². The number of phosphoric ester groups is 1. The van der Waals surface area contributed by atoms with Crippen LogP contribution in [0.25, 0.3) is 0 Å². The number of carbonyl (C=O) groups excluding carboxylic acids is 2. The molecule has 0 amide bonds. The van der Waals surface area contributed by atoms with Crippen LogP contribution in [0.4, 0.5) is 0 Å². The highest BCUT2D eigenvalue weighted by Crippen LogP contribution is 2.43. The van der Waals surface area contributed by atoms with Crippen LogP contribution in [0.1, 0.15) is 284 Å². The number of nitrogens with two attached hydrogens (primary N) is 1. The molecule has 0 rings (SSSR count). The van der Waals surface area contributed by atoms with E-state index in [1.807, 2.05) is 0 Å². The number of phosphoric acid groups is 1. The molecule has 2 unspecified atom stereocenters. The van der Waals surface area contributed by atoms with Crippen molar-refractivity contribution in [3.8, 4) is 0 Å². The van der Waals surface area contributed by atoms with E-state index in [2.05, 4.69) is 50.3 Å². The van der Waals surface area contributed by atoms with Crippen LogP contribution < -0.4 is 5.73 Å². The van der Waals surface area contributed by atoms with Crippen LogP contribution in [-0.4, -0.2) is 49.3 Å². The van der Waals surface area contributed by atoms with Gasteiger partial charge in [0.15, 0.2) is 6.10 Å². The molecule has 0 heterocycles. The molecule has 10 heteroatoms. The van der Waals surface area contributed by atoms with E-state index in [9.17, 15) is 19.0 Å². The Labute approximate surface area is 414 Å². The van der Waals surface area contributed by atoms with E-state index >= 15 is 0 Å². The van der Waals surface area contributed by atoms with Gasteiger partial charge in [0.1, 0.15) is 6.61 Å². The number of hydrogen-bond donors (Lipinski definition) is 2. The van der Waals surface area contributed by atoms with Gasteiger partial charge in [0.2, 0.25) is 0 Å². The molecular weight excluding hydrogens is 858 g/mol. The zero-order valence-electron chi connectivity index (χ0n) is 43.9. The fourth-order valence-electron chi connectivity index (χ4n) is 8.25. The van der Waals surface area contributed by atoms with E-state index in [4.69, 9.17) is 24.3 Å². The van der Waals surface area contributed by atoms with Gasteiger partial charge in [-0.2, -0.15) is 0 Å². The minimum absolute atomic E-state index is 0.0537. The van der Waals surface area contributed by atoms with Crippen molar-refractivity contribution in [3.05, 3.63) is 36.5 Å². The SMILES string of the molecule is CCCCCCC/C=C\C/C=C\CCCCCCCCCCCCCCCCCCCCCC(=O)OC(COC(=O)CCCCCCC/C=C\CCCCCCCC)COP(=O)(O)OCCN. The van der Waals surface area contributed by atoms with Gasteiger partial charge in [-0.1, -0.05) is 237 Å². The predicted octanol–water partition coefficient (Wildman–Crippen LogP) is 17.6. The van der Waals surface area contributed by atoms with Gasteiger partial charge in [-0.05, 0) is 70.6 Å². The topological polar surface area (TPSA) is 134 Å². The van der Waals surface area contributed by atoms with Crippen LogP contribution in [0.3, 0.4) is 0 Å². The Hall–Kier alpha value is -1.77. The van der Waals surface area contributed by atoms with Gasteiger partial charge in [0, 0.05) is 19.4 Å². The first-order valence-electron chi connectivity index (χ1n) is 28.5. The molecule has 0 aliphatic heterocycles. The first-order chi connectivity index (χ1) is 32.8. The number of unbranched alkanes of at least 4 members (excludes halogenated alkanes) is 35. The smallest absolute Gasteiger partial charge is 0.462 e. The van der Waals surface area contributed by atoms with Gasteiger partial charge < -0.3 is 20.1 Å². The largest absolute Gasteiger partial charge is 0.472 e. The Morgan fingerprint density at radius 2 is 0.776 bits per heavy atom. The molecule has 0 saturated carbocycles. The molecule has 2 atom stereocenters. The summed E-state index contributed by atoms with van der Waals surface area (Å²) in [4.78, 5) is 35.1. The standard InChI is InChI=1S/C57H108NO8P/c1-3-5-7-9-11-13-15-17-19-20-21-22-23-24-25-26-27-28-29-30-31-32-33-34-36-38-40-42-44-46-48-50-57(60)66-55(54-65-67(61,62)64-52-51-58)53-63-56(59)49-47-45-43-41-39-37-35-18-16-14-12-10-8-6-4-2/h15,17-18,20-21,35,55H,3-14,16,19,22-34,36-54,58H2,1-2H3,(H,61,62)/b17-15-,21-20-,35-18-. The average molecular weight is 966 g/mol. The highest BCUT2D eigenvalue weighted by molar-refractivity contribution is 7.47. The number of carbonyl (C=O) groups is 2. The lowest BCUT2D eigenvalue weighted by Crippen LogP contribution is -2.29. The van der Waals surface area contributed by atoms with Crippen LogP contribution >= 0.6 is 7.82 Å². The molecule has 0 aliphatic carbocycles. The summed E-state index contributed by atoms with van der Waals surface area (Å²) in [5, 5.41) is 0. The molecule has 0 aliphatic rings. The molecule has 0 aromatic carbocycles. The first-order valence-corrected chi connectivity index (χ1v) is 30.0. The summed E-state index contributed by atoms with van der Waals surface area (Å²) < 4.78 is 33.0. The number of rotatable bonds is 54. The second-order valence-corrected chi connectivity index (χ2v) is 20.6. The van der Waals surface area contributed by atoms with Gasteiger partial charge >= 0.3 is 19.8 Å². The molecule has 0 radical (unpaired) electrons. The molecule has 9 nitrogen and oxygen atoms in total. The Kier molecular flexibility index (Phi) is 52.2. The molecule has 0 aromatic heterocycles. The highest BCUT2D eigenvalue weighted by Gasteiger charge is 2.26. The molecule has 0 fully saturated rings. The van der Waals surface area contributed by atoms with Crippen molar-refractivity contribution in [2.75, 3.05) is 26.4 Å². The number of allylic oxidation sites excluding steroid dienone is 6. The van der Waals surface area contributed by atoms with Crippen LogP contribution in [0, 0.1) is 0 Å². The van der Waals surface area contributed by atoms with E-state index in [-0.39, 0.29) is 38.6 Å². The molecule has 0 spiro atoms. The molecular formula is C57H108NO8P. The van der Waals surface area contributed by atoms with Crippen molar-refractivity contribution >= 4 is 19.8 Å². The second kappa shape index (κ2) is 53.6. The highest BCUT2D eigenvalue weighted by atomic mass is 31.2. The van der Waals surface area contributed by atoms with E-state index in [1.54, 1.807) is 0 Å². The summed E-state index contributed by atoms with van der Waals surface area (Å²) in [6.07, 6.45) is 63.5. The maximum atomic E-state index is 12.7. The Balaban J connectivity index is 3.88. The van der Waals surface area contributed by atoms with Gasteiger partial charge in [-0.15, -0.1) is 0 Å². The number of esters is 2. The summed E-state index contributed by atoms with van der Waals surface area (Å²) in [6.45, 7) is 3.75. The van der Waals surface area contributed by atoms with E-state index in [0.29, 0.717) is 6.42 Å². The van der Waals surface area contributed by atoms with Gasteiger partial charge in [-0.25, -0.2) is 4.57 Å². The molecule has 3 N–H and O–H groups in total. The molecule has 0 aromatic rings. The average Bonchev–Trinajstić information content (AvgIpc) is 3.32. The maximum absolute atomic E-state index is 12.7. The molecule has 394 valence electrons. The monoisotopic (exact) mass is 966 g/mol. The Morgan fingerprint density at radius 3 is 1.15 bits per heavy atom. The summed E-state index contributed by atoms with van der Waals surface area (Å²) >= 11 is 0. The normalized spacial score (nSPS) is 13.3. The van der Waals surface area contributed by atoms with Crippen molar-refractivity contribution in [2.24, 2.45) is 5.73 Å². The molecule has 0 saturated heterocycles. The lowest BCUT2D eigenvalue weighted by molar-refractivity contribution is -0.161. The fraction of sp³-hybridized carbons (Fsp3) is 0.860. The Bertz CT molecular complexity index is 1190. The van der Waals surface area contributed by atoms with Crippen LogP contribution in [-0.2, 0) is 32.7 Å². The third-order valence-electron chi connectivity index (χ3n) is 12.5. The van der Waals surface area contributed by atoms with Crippen molar-refractivity contribution in [1.29, 1.82) is 0 Å². The summed E-state index contributed by atoms with van der Waals surface area (Å²) in [7, 11) is -4.38. The van der Waals surface area contributed by atoms with Gasteiger partial charge in [0.05, 0.1) is 13.2 Å². The fourth-order valence-corrected chi connectivity index (χ4v) is 9.02. The zero-order chi connectivity index (χ0) is 48.8. The maximum Gasteiger partial charge on any atom is 0.472 e. The van der Waals surface area contributed by atoms with Crippen molar-refractivity contribution in [3.63, 3.8) is 0 Å². The lowest BCUT2D eigenvalue weighted by Gasteiger charge is -2.19. The minimum atomic E-state index is -4.38. The molecule has 67 heavy (non-hydrogen) atoms. The lowest BCUT2D eigenvalue weighted by atomic mass is 10.0. The zero-order valence-corrected chi connectivity index (χ0v) is 44.8. The minimum Gasteiger partial charge on any atom is -0.462 e. The summed E-state index contributed by atoms with van der Waals surface area (Å²) in [6, 6.07) is 0. The van der Waals surface area contributed by atoms with Crippen molar-refractivity contribution in [1.82, 2.24) is 0 Å². The van der Waals surface area contributed by atoms with Crippen molar-refractivity contribution < 1.29 is 37.6 Å². The van der Waals surface area contributed by atoms with E-state index < -0.39 is 26.5 Å². The number of ether oxygens (including phenoxy) is 2. The van der Waals surface area contributed by atoms with Crippen LogP contribution in [0.2, 0.25) is 0 Å². The quantitative estimate of drug-likeness (QED) is 0.0264. The molecule has 0 bridgehead atoms.